The first-order valence-corrected chi connectivity index (χ1v) is 7.92. The highest BCUT2D eigenvalue weighted by molar-refractivity contribution is 7.80. The molecule has 0 unspecified atom stereocenters. The lowest BCUT2D eigenvalue weighted by Crippen LogP contribution is -2.34. The van der Waals surface area contributed by atoms with Gasteiger partial charge in [-0.3, -0.25) is 10.1 Å². The lowest BCUT2D eigenvalue weighted by molar-refractivity contribution is 0.0696. The molecule has 9 heteroatoms. The molecular formula is C15H9Cl3N2O3S. The van der Waals surface area contributed by atoms with E-state index in [1.54, 1.807) is 0 Å². The molecule has 2 rings (SSSR count). The van der Waals surface area contributed by atoms with E-state index in [1.807, 2.05) is 0 Å². The number of hydrogen-bond donors (Lipinski definition) is 3. The maximum Gasteiger partial charge on any atom is 0.335 e. The van der Waals surface area contributed by atoms with E-state index in [4.69, 9.17) is 52.1 Å². The van der Waals surface area contributed by atoms with E-state index >= 15 is 0 Å². The molecule has 0 bridgehead atoms. The predicted octanol–water partition coefficient (Wildman–Crippen LogP) is 4.47. The van der Waals surface area contributed by atoms with Crippen molar-refractivity contribution in [2.45, 2.75) is 0 Å². The molecule has 0 aromatic heterocycles. The van der Waals surface area contributed by atoms with Crippen molar-refractivity contribution in [2.75, 3.05) is 5.32 Å². The maximum absolute atomic E-state index is 12.1. The van der Waals surface area contributed by atoms with Crippen LogP contribution >= 0.6 is 47.0 Å². The fourth-order valence-corrected chi connectivity index (χ4v) is 2.39. The average Bonchev–Trinajstić information content (AvgIpc) is 2.51. The Bertz CT molecular complexity index is 843. The summed E-state index contributed by atoms with van der Waals surface area (Å²) in [6.07, 6.45) is 0. The van der Waals surface area contributed by atoms with Crippen LogP contribution in [0.3, 0.4) is 0 Å². The Hall–Kier alpha value is -1.86. The van der Waals surface area contributed by atoms with E-state index in [-0.39, 0.29) is 32.0 Å². The summed E-state index contributed by atoms with van der Waals surface area (Å²) in [6.45, 7) is 0. The van der Waals surface area contributed by atoms with Gasteiger partial charge in [0, 0.05) is 5.56 Å². The molecule has 1 amide bonds. The number of carboxylic acid groups (broad SMARTS) is 1. The van der Waals surface area contributed by atoms with Crippen LogP contribution in [0.5, 0.6) is 0 Å². The summed E-state index contributed by atoms with van der Waals surface area (Å²) in [5.41, 5.74) is 0.551. The van der Waals surface area contributed by atoms with Gasteiger partial charge >= 0.3 is 5.97 Å². The number of anilines is 1. The van der Waals surface area contributed by atoms with Crippen LogP contribution in [0.15, 0.2) is 36.4 Å². The predicted molar refractivity (Wildman–Crippen MR) is 98.6 cm³/mol. The fraction of sp³-hybridized carbons (Fsp3) is 0. The SMILES string of the molecule is O=C(O)c1ccc(Cl)c(NC(=S)NC(=O)c2ccc(Cl)c(Cl)c2)c1. The van der Waals surface area contributed by atoms with Crippen molar-refractivity contribution >= 4 is 69.7 Å². The van der Waals surface area contributed by atoms with Gasteiger partial charge in [-0.15, -0.1) is 0 Å². The molecule has 0 saturated carbocycles. The van der Waals surface area contributed by atoms with E-state index in [0.29, 0.717) is 5.02 Å². The van der Waals surface area contributed by atoms with Crippen molar-refractivity contribution in [2.24, 2.45) is 0 Å². The lowest BCUT2D eigenvalue weighted by atomic mass is 10.2. The molecule has 0 saturated heterocycles. The molecule has 0 radical (unpaired) electrons. The number of thiocarbonyl (C=S) groups is 1. The van der Waals surface area contributed by atoms with Crippen LogP contribution in [0.2, 0.25) is 15.1 Å². The Morgan fingerprint density at radius 3 is 2.17 bits per heavy atom. The van der Waals surface area contributed by atoms with E-state index in [9.17, 15) is 9.59 Å². The summed E-state index contributed by atoms with van der Waals surface area (Å²) in [6, 6.07) is 8.46. The van der Waals surface area contributed by atoms with Crippen LogP contribution in [0.4, 0.5) is 5.69 Å². The standard InChI is InChI=1S/C15H9Cl3N2O3S/c16-9-3-1-7(5-11(9)18)13(21)20-15(24)19-12-6-8(14(22)23)2-4-10(12)17/h1-6H,(H,22,23)(H2,19,20,21,24). The minimum absolute atomic E-state index is 0.0282. The van der Waals surface area contributed by atoms with Gasteiger partial charge in [0.1, 0.15) is 0 Å². The monoisotopic (exact) mass is 402 g/mol. The van der Waals surface area contributed by atoms with Crippen LogP contribution in [-0.4, -0.2) is 22.1 Å². The summed E-state index contributed by atoms with van der Waals surface area (Å²) < 4.78 is 0. The molecule has 0 aliphatic rings. The fourth-order valence-electron chi connectivity index (χ4n) is 1.72. The molecule has 124 valence electrons. The Kier molecular flexibility index (Phi) is 6.01. The van der Waals surface area contributed by atoms with Crippen molar-refractivity contribution in [3.63, 3.8) is 0 Å². The van der Waals surface area contributed by atoms with Gasteiger partial charge in [0.2, 0.25) is 0 Å². The van der Waals surface area contributed by atoms with Gasteiger partial charge in [0.25, 0.3) is 5.91 Å². The topological polar surface area (TPSA) is 78.4 Å². The number of rotatable bonds is 3. The molecule has 0 spiro atoms. The quantitative estimate of drug-likeness (QED) is 0.659. The second-order valence-electron chi connectivity index (χ2n) is 4.54. The second-order valence-corrected chi connectivity index (χ2v) is 6.17. The summed E-state index contributed by atoms with van der Waals surface area (Å²) in [5, 5.41) is 14.9. The number of carbonyl (C=O) groups excluding carboxylic acids is 1. The largest absolute Gasteiger partial charge is 0.478 e. The number of halogens is 3. The highest BCUT2D eigenvalue weighted by atomic mass is 35.5. The molecule has 5 nitrogen and oxygen atoms in total. The molecule has 0 atom stereocenters. The zero-order valence-electron chi connectivity index (χ0n) is 11.8. The van der Waals surface area contributed by atoms with Crippen LogP contribution in [-0.2, 0) is 0 Å². The van der Waals surface area contributed by atoms with E-state index < -0.39 is 11.9 Å². The van der Waals surface area contributed by atoms with Gasteiger partial charge in [0.15, 0.2) is 5.11 Å². The van der Waals surface area contributed by atoms with Crippen molar-refractivity contribution in [1.29, 1.82) is 0 Å². The number of nitrogens with one attached hydrogen (secondary N) is 2. The number of carbonyl (C=O) groups is 2. The first kappa shape index (κ1) is 18.5. The molecule has 0 fully saturated rings. The minimum atomic E-state index is -1.11. The molecule has 0 heterocycles. The van der Waals surface area contributed by atoms with Gasteiger partial charge in [0.05, 0.1) is 26.3 Å². The molecule has 3 N–H and O–H groups in total. The summed E-state index contributed by atoms with van der Waals surface area (Å²) in [5.74, 6) is -1.61. The first-order chi connectivity index (χ1) is 11.3. The Balaban J connectivity index is 2.10. The molecular weight excluding hydrogens is 395 g/mol. The minimum Gasteiger partial charge on any atom is -0.478 e. The van der Waals surface area contributed by atoms with Gasteiger partial charge in [-0.1, -0.05) is 34.8 Å². The molecule has 0 aliphatic heterocycles. The molecule has 24 heavy (non-hydrogen) atoms. The Labute approximate surface area is 157 Å². The average molecular weight is 404 g/mol. The van der Waals surface area contributed by atoms with Gasteiger partial charge in [-0.25, -0.2) is 4.79 Å². The Morgan fingerprint density at radius 2 is 1.54 bits per heavy atom. The smallest absolute Gasteiger partial charge is 0.335 e. The van der Waals surface area contributed by atoms with Gasteiger partial charge in [-0.05, 0) is 48.6 Å². The van der Waals surface area contributed by atoms with E-state index in [0.717, 1.165) is 0 Å². The third-order valence-electron chi connectivity index (χ3n) is 2.87. The highest BCUT2D eigenvalue weighted by Gasteiger charge is 2.12. The second kappa shape index (κ2) is 7.81. The zero-order valence-corrected chi connectivity index (χ0v) is 14.9. The van der Waals surface area contributed by atoms with Crippen LogP contribution in [0.25, 0.3) is 0 Å². The van der Waals surface area contributed by atoms with E-state index in [2.05, 4.69) is 10.6 Å². The summed E-state index contributed by atoms with van der Waals surface area (Å²) >= 11 is 22.7. The number of benzene rings is 2. The van der Waals surface area contributed by atoms with Gasteiger partial charge < -0.3 is 10.4 Å². The molecule has 0 aliphatic carbocycles. The van der Waals surface area contributed by atoms with E-state index in [1.165, 1.54) is 36.4 Å². The summed E-state index contributed by atoms with van der Waals surface area (Å²) in [4.78, 5) is 23.1. The first-order valence-electron chi connectivity index (χ1n) is 6.38. The van der Waals surface area contributed by atoms with Crippen LogP contribution in [0.1, 0.15) is 20.7 Å². The Morgan fingerprint density at radius 1 is 0.917 bits per heavy atom. The van der Waals surface area contributed by atoms with Crippen LogP contribution in [0, 0.1) is 0 Å². The van der Waals surface area contributed by atoms with Crippen molar-refractivity contribution in [3.8, 4) is 0 Å². The lowest BCUT2D eigenvalue weighted by Gasteiger charge is -2.12. The normalized spacial score (nSPS) is 10.1. The number of amides is 1. The van der Waals surface area contributed by atoms with Crippen molar-refractivity contribution in [3.05, 3.63) is 62.6 Å². The third-order valence-corrected chi connectivity index (χ3v) is 4.14. The molecule has 2 aromatic carbocycles. The number of aromatic carboxylic acids is 1. The van der Waals surface area contributed by atoms with Gasteiger partial charge in [-0.2, -0.15) is 0 Å². The summed E-state index contributed by atoms with van der Waals surface area (Å²) in [7, 11) is 0. The zero-order chi connectivity index (χ0) is 17.9. The number of hydrogen-bond acceptors (Lipinski definition) is 3. The molecule has 2 aromatic rings. The highest BCUT2D eigenvalue weighted by Crippen LogP contribution is 2.24. The van der Waals surface area contributed by atoms with Crippen molar-refractivity contribution < 1.29 is 14.7 Å². The van der Waals surface area contributed by atoms with Crippen molar-refractivity contribution in [1.82, 2.24) is 5.32 Å². The number of carboxylic acids is 1. The van der Waals surface area contributed by atoms with Crippen LogP contribution < -0.4 is 10.6 Å². The third kappa shape index (κ3) is 4.58. The maximum atomic E-state index is 12.1.